The Kier molecular flexibility index (Phi) is 6.10. The number of urea groups is 1. The van der Waals surface area contributed by atoms with E-state index in [0.717, 1.165) is 31.1 Å². The number of amides is 2. The van der Waals surface area contributed by atoms with Crippen molar-refractivity contribution < 1.29 is 4.79 Å². The number of anilines is 2. The van der Waals surface area contributed by atoms with Gasteiger partial charge in [0.05, 0.1) is 0 Å². The second kappa shape index (κ2) is 8.06. The number of hydrogen-bond acceptors (Lipinski definition) is 2. The van der Waals surface area contributed by atoms with Crippen molar-refractivity contribution in [2.24, 2.45) is 11.8 Å². The summed E-state index contributed by atoms with van der Waals surface area (Å²) in [7, 11) is 0. The second-order valence-electron chi connectivity index (χ2n) is 6.78. The molecular formula is C18H29N3O. The fraction of sp³-hybridized carbons (Fsp3) is 0.611. The molecule has 22 heavy (non-hydrogen) atoms. The van der Waals surface area contributed by atoms with Crippen molar-refractivity contribution in [3.05, 3.63) is 24.3 Å². The summed E-state index contributed by atoms with van der Waals surface area (Å²) in [6, 6.07) is 8.03. The first-order valence-electron chi connectivity index (χ1n) is 8.44. The summed E-state index contributed by atoms with van der Waals surface area (Å²) >= 11 is 0. The Morgan fingerprint density at radius 1 is 1.23 bits per heavy atom. The fourth-order valence-electron chi connectivity index (χ4n) is 2.67. The van der Waals surface area contributed by atoms with Gasteiger partial charge in [-0.1, -0.05) is 20.8 Å². The average molecular weight is 303 g/mol. The van der Waals surface area contributed by atoms with Crippen LogP contribution in [0.1, 0.15) is 40.0 Å². The Morgan fingerprint density at radius 3 is 2.45 bits per heavy atom. The molecule has 122 valence electrons. The molecule has 0 aromatic heterocycles. The van der Waals surface area contributed by atoms with Crippen LogP contribution in [-0.4, -0.2) is 25.7 Å². The molecule has 4 nitrogen and oxygen atoms in total. The maximum atomic E-state index is 11.8. The molecule has 0 atom stereocenters. The van der Waals surface area contributed by atoms with Crippen molar-refractivity contribution in [2.45, 2.75) is 40.0 Å². The molecule has 1 aromatic carbocycles. The molecule has 4 heteroatoms. The molecule has 2 rings (SSSR count). The summed E-state index contributed by atoms with van der Waals surface area (Å²) in [5.74, 6) is 1.44. The molecule has 1 aliphatic heterocycles. The van der Waals surface area contributed by atoms with Crippen LogP contribution in [0.4, 0.5) is 16.2 Å². The van der Waals surface area contributed by atoms with E-state index < -0.39 is 0 Å². The van der Waals surface area contributed by atoms with Gasteiger partial charge in [-0.15, -0.1) is 0 Å². The highest BCUT2D eigenvalue weighted by Crippen LogP contribution is 2.24. The standard InChI is InChI=1S/C18H29N3O/c1-14(2)8-11-19-18(22)20-16-4-6-17(7-5-16)21-12-9-15(3)10-13-21/h4-7,14-15H,8-13H2,1-3H3,(H2,19,20,22). The zero-order valence-electron chi connectivity index (χ0n) is 14.1. The lowest BCUT2D eigenvalue weighted by Gasteiger charge is -2.32. The van der Waals surface area contributed by atoms with Crippen LogP contribution in [-0.2, 0) is 0 Å². The minimum Gasteiger partial charge on any atom is -0.372 e. The molecule has 1 fully saturated rings. The molecule has 0 bridgehead atoms. The maximum absolute atomic E-state index is 11.8. The fourth-order valence-corrected chi connectivity index (χ4v) is 2.67. The van der Waals surface area contributed by atoms with Gasteiger partial charge in [-0.3, -0.25) is 0 Å². The second-order valence-corrected chi connectivity index (χ2v) is 6.78. The monoisotopic (exact) mass is 303 g/mol. The van der Waals surface area contributed by atoms with E-state index >= 15 is 0 Å². The molecular weight excluding hydrogens is 274 g/mol. The van der Waals surface area contributed by atoms with Crippen LogP contribution in [0.5, 0.6) is 0 Å². The SMILES string of the molecule is CC(C)CCNC(=O)Nc1ccc(N2CCC(C)CC2)cc1. The predicted octanol–water partition coefficient (Wildman–Crippen LogP) is 4.09. The van der Waals surface area contributed by atoms with Crippen molar-refractivity contribution in [1.29, 1.82) is 0 Å². The molecule has 2 amide bonds. The van der Waals surface area contributed by atoms with Crippen LogP contribution >= 0.6 is 0 Å². The van der Waals surface area contributed by atoms with Gasteiger partial charge < -0.3 is 15.5 Å². The average Bonchev–Trinajstić information content (AvgIpc) is 2.48. The lowest BCUT2D eigenvalue weighted by molar-refractivity contribution is 0.251. The Labute approximate surface area is 134 Å². The molecule has 0 saturated carbocycles. The number of carbonyl (C=O) groups is 1. The van der Waals surface area contributed by atoms with Crippen molar-refractivity contribution >= 4 is 17.4 Å². The summed E-state index contributed by atoms with van der Waals surface area (Å²) in [6.45, 7) is 9.60. The van der Waals surface area contributed by atoms with Crippen molar-refractivity contribution in [1.82, 2.24) is 5.32 Å². The first kappa shape index (κ1) is 16.7. The molecule has 1 heterocycles. The lowest BCUT2D eigenvalue weighted by atomic mass is 9.99. The number of hydrogen-bond donors (Lipinski definition) is 2. The Bertz CT molecular complexity index is 462. The van der Waals surface area contributed by atoms with E-state index in [1.54, 1.807) is 0 Å². The summed E-state index contributed by atoms with van der Waals surface area (Å²) in [5.41, 5.74) is 2.09. The highest BCUT2D eigenvalue weighted by Gasteiger charge is 2.15. The number of carbonyl (C=O) groups excluding carboxylic acids is 1. The summed E-state index contributed by atoms with van der Waals surface area (Å²) < 4.78 is 0. The van der Waals surface area contributed by atoms with Crippen molar-refractivity contribution in [2.75, 3.05) is 29.9 Å². The quantitative estimate of drug-likeness (QED) is 0.860. The number of piperidine rings is 1. The molecule has 1 aromatic rings. The Morgan fingerprint density at radius 2 is 1.86 bits per heavy atom. The third kappa shape index (κ3) is 5.24. The Hall–Kier alpha value is -1.71. The normalized spacial score (nSPS) is 15.9. The molecule has 0 unspecified atom stereocenters. The smallest absolute Gasteiger partial charge is 0.319 e. The van der Waals surface area contributed by atoms with Crippen LogP contribution in [0.3, 0.4) is 0 Å². The van der Waals surface area contributed by atoms with Crippen LogP contribution in [0, 0.1) is 11.8 Å². The van der Waals surface area contributed by atoms with Gasteiger partial charge in [0, 0.05) is 31.0 Å². The molecule has 1 saturated heterocycles. The molecule has 2 N–H and O–H groups in total. The predicted molar refractivity (Wildman–Crippen MR) is 93.5 cm³/mol. The Balaban J connectivity index is 1.80. The van der Waals surface area contributed by atoms with Gasteiger partial charge in [0.25, 0.3) is 0 Å². The minimum absolute atomic E-state index is 0.125. The number of nitrogens with zero attached hydrogens (tertiary/aromatic N) is 1. The number of nitrogens with one attached hydrogen (secondary N) is 2. The van der Waals surface area contributed by atoms with E-state index in [1.165, 1.54) is 18.5 Å². The van der Waals surface area contributed by atoms with Gasteiger partial charge in [0.15, 0.2) is 0 Å². The van der Waals surface area contributed by atoms with Crippen molar-refractivity contribution in [3.8, 4) is 0 Å². The zero-order chi connectivity index (χ0) is 15.9. The minimum atomic E-state index is -0.125. The summed E-state index contributed by atoms with van der Waals surface area (Å²) in [5, 5.41) is 5.77. The third-order valence-electron chi connectivity index (χ3n) is 4.28. The number of rotatable bonds is 5. The maximum Gasteiger partial charge on any atom is 0.319 e. The van der Waals surface area contributed by atoms with Gasteiger partial charge in [-0.2, -0.15) is 0 Å². The van der Waals surface area contributed by atoms with Gasteiger partial charge in [0.2, 0.25) is 0 Å². The lowest BCUT2D eigenvalue weighted by Crippen LogP contribution is -2.32. The van der Waals surface area contributed by atoms with Gasteiger partial charge >= 0.3 is 6.03 Å². The van der Waals surface area contributed by atoms with Crippen molar-refractivity contribution in [3.63, 3.8) is 0 Å². The van der Waals surface area contributed by atoms with E-state index in [9.17, 15) is 4.79 Å². The first-order chi connectivity index (χ1) is 10.5. The van der Waals surface area contributed by atoms with E-state index in [4.69, 9.17) is 0 Å². The van der Waals surface area contributed by atoms with Crippen LogP contribution < -0.4 is 15.5 Å². The van der Waals surface area contributed by atoms with E-state index in [2.05, 4.69) is 48.4 Å². The first-order valence-corrected chi connectivity index (χ1v) is 8.44. The number of benzene rings is 1. The summed E-state index contributed by atoms with van der Waals surface area (Å²) in [6.07, 6.45) is 3.52. The highest BCUT2D eigenvalue weighted by molar-refractivity contribution is 5.89. The van der Waals surface area contributed by atoms with Crippen LogP contribution in [0.15, 0.2) is 24.3 Å². The van der Waals surface area contributed by atoms with Gasteiger partial charge in [-0.25, -0.2) is 4.79 Å². The molecule has 0 radical (unpaired) electrons. The molecule has 1 aliphatic rings. The third-order valence-corrected chi connectivity index (χ3v) is 4.28. The molecule has 0 spiro atoms. The zero-order valence-corrected chi connectivity index (χ0v) is 14.1. The van der Waals surface area contributed by atoms with Gasteiger partial charge in [0.1, 0.15) is 0 Å². The van der Waals surface area contributed by atoms with E-state index in [0.29, 0.717) is 12.5 Å². The van der Waals surface area contributed by atoms with Gasteiger partial charge in [-0.05, 0) is 55.4 Å². The topological polar surface area (TPSA) is 44.4 Å². The van der Waals surface area contributed by atoms with Crippen LogP contribution in [0.25, 0.3) is 0 Å². The van der Waals surface area contributed by atoms with E-state index in [1.807, 2.05) is 12.1 Å². The molecule has 0 aliphatic carbocycles. The highest BCUT2D eigenvalue weighted by atomic mass is 16.2. The van der Waals surface area contributed by atoms with Crippen LogP contribution in [0.2, 0.25) is 0 Å². The van der Waals surface area contributed by atoms with E-state index in [-0.39, 0.29) is 6.03 Å². The summed E-state index contributed by atoms with van der Waals surface area (Å²) in [4.78, 5) is 14.2. The largest absolute Gasteiger partial charge is 0.372 e.